The summed E-state index contributed by atoms with van der Waals surface area (Å²) in [6, 6.07) is 14.5. The molecule has 0 aliphatic rings. The van der Waals surface area contributed by atoms with Crippen LogP contribution in [-0.4, -0.2) is 26.2 Å². The summed E-state index contributed by atoms with van der Waals surface area (Å²) in [4.78, 5) is 5.14. The lowest BCUT2D eigenvalue weighted by Gasteiger charge is -2.25. The Balaban J connectivity index is 2.08. The molecule has 0 aliphatic carbocycles. The van der Waals surface area contributed by atoms with Crippen LogP contribution < -0.4 is 9.80 Å². The van der Waals surface area contributed by atoms with Crippen LogP contribution in [0.2, 0.25) is 0 Å². The molecule has 0 bridgehead atoms. The third-order valence-corrected chi connectivity index (χ3v) is 6.61. The van der Waals surface area contributed by atoms with Crippen LogP contribution in [0.1, 0.15) is 49.6 Å². The van der Waals surface area contributed by atoms with E-state index in [1.807, 2.05) is 41.8 Å². The van der Waals surface area contributed by atoms with E-state index in [1.54, 1.807) is 12.1 Å². The van der Waals surface area contributed by atoms with Crippen molar-refractivity contribution in [1.82, 2.24) is 0 Å². The van der Waals surface area contributed by atoms with E-state index >= 15 is 8.78 Å². The predicted octanol–water partition coefficient (Wildman–Crippen LogP) is 6.90. The number of nitrogens with zero attached hydrogens (tertiary/aromatic N) is 2. The predicted molar refractivity (Wildman–Crippen MR) is 125 cm³/mol. The highest BCUT2D eigenvalue weighted by Gasteiger charge is 2.25. The second-order valence-corrected chi connectivity index (χ2v) is 8.18. The Labute approximate surface area is 182 Å². The Morgan fingerprint density at radius 1 is 0.733 bits per heavy atom. The normalized spacial score (nSPS) is 11.2. The zero-order valence-electron chi connectivity index (χ0n) is 18.2. The molecule has 2 aromatic carbocycles. The third kappa shape index (κ3) is 4.51. The van der Waals surface area contributed by atoms with Crippen LogP contribution in [0.15, 0.2) is 53.9 Å². The number of anilines is 2. The summed E-state index contributed by atoms with van der Waals surface area (Å²) in [5.41, 5.74) is 2.71. The van der Waals surface area contributed by atoms with Crippen LogP contribution in [0.25, 0.3) is 0 Å². The first-order chi connectivity index (χ1) is 14.5. The topological polar surface area (TPSA) is 6.48 Å². The molecule has 160 valence electrons. The fourth-order valence-corrected chi connectivity index (χ4v) is 4.86. The largest absolute Gasteiger partial charge is 0.372 e. The van der Waals surface area contributed by atoms with Crippen LogP contribution in [0.4, 0.5) is 20.2 Å². The number of rotatable bonds is 9. The zero-order valence-corrected chi connectivity index (χ0v) is 19.0. The van der Waals surface area contributed by atoms with E-state index in [9.17, 15) is 0 Å². The quantitative estimate of drug-likeness (QED) is 0.366. The first-order valence-corrected chi connectivity index (χ1v) is 11.5. The van der Waals surface area contributed by atoms with Gasteiger partial charge in [-0.2, -0.15) is 0 Å². The summed E-state index contributed by atoms with van der Waals surface area (Å²) in [5.74, 6) is -1.07. The van der Waals surface area contributed by atoms with Gasteiger partial charge in [0.15, 0.2) is 0 Å². The van der Waals surface area contributed by atoms with Crippen molar-refractivity contribution < 1.29 is 8.78 Å². The Morgan fingerprint density at radius 2 is 1.20 bits per heavy atom. The molecule has 1 heterocycles. The number of hydrogen-bond donors (Lipinski definition) is 0. The molecule has 1 aromatic heterocycles. The molecule has 0 unspecified atom stereocenters. The zero-order chi connectivity index (χ0) is 21.7. The maximum Gasteiger partial charge on any atom is 0.129 e. The minimum atomic E-state index is -0.471. The molecule has 5 heteroatoms. The Morgan fingerprint density at radius 3 is 1.53 bits per heavy atom. The minimum Gasteiger partial charge on any atom is -0.372 e. The van der Waals surface area contributed by atoms with Gasteiger partial charge >= 0.3 is 0 Å². The van der Waals surface area contributed by atoms with Crippen molar-refractivity contribution >= 4 is 22.7 Å². The van der Waals surface area contributed by atoms with Gasteiger partial charge in [-0.1, -0.05) is 18.2 Å². The molecule has 0 amide bonds. The molecule has 0 spiro atoms. The van der Waals surface area contributed by atoms with Gasteiger partial charge in [-0.25, -0.2) is 8.78 Å². The summed E-state index contributed by atoms with van der Waals surface area (Å²) < 4.78 is 30.6. The standard InChI is InChI=1S/C25H30F2N2S/c1-5-28(6-2)18-11-13-20(22(26)16-18)25(24-10-9-15-30-24)21-14-12-19(17-23(21)27)29(7-3)8-4/h9-17,25H,5-8H2,1-4H3. The highest BCUT2D eigenvalue weighted by Crippen LogP contribution is 2.39. The van der Waals surface area contributed by atoms with Crippen molar-refractivity contribution in [3.63, 3.8) is 0 Å². The van der Waals surface area contributed by atoms with Gasteiger partial charge in [0.1, 0.15) is 11.6 Å². The van der Waals surface area contributed by atoms with Crippen molar-refractivity contribution in [2.75, 3.05) is 36.0 Å². The molecule has 3 aromatic rings. The summed E-state index contributed by atoms with van der Waals surface area (Å²) in [6.07, 6.45) is 0. The minimum absolute atomic E-state index is 0.301. The second-order valence-electron chi connectivity index (χ2n) is 7.20. The second kappa shape index (κ2) is 10.1. The summed E-state index contributed by atoms with van der Waals surface area (Å²) in [5, 5.41) is 1.95. The van der Waals surface area contributed by atoms with Crippen LogP contribution in [0, 0.1) is 11.6 Å². The third-order valence-electron chi connectivity index (χ3n) is 5.67. The van der Waals surface area contributed by atoms with Gasteiger partial charge in [0.25, 0.3) is 0 Å². The van der Waals surface area contributed by atoms with Gasteiger partial charge in [-0.3, -0.25) is 0 Å². The van der Waals surface area contributed by atoms with E-state index in [0.29, 0.717) is 11.1 Å². The van der Waals surface area contributed by atoms with Crippen LogP contribution in [-0.2, 0) is 0 Å². The molecule has 30 heavy (non-hydrogen) atoms. The molecular formula is C25H30F2N2S. The molecular weight excluding hydrogens is 398 g/mol. The first kappa shape index (κ1) is 22.3. The SMILES string of the molecule is CCN(CC)c1ccc(C(c2cccs2)c2ccc(N(CC)CC)cc2F)c(F)c1. The maximum atomic E-state index is 15.3. The lowest BCUT2D eigenvalue weighted by Crippen LogP contribution is -2.22. The van der Waals surface area contributed by atoms with Crippen LogP contribution in [0.5, 0.6) is 0 Å². The van der Waals surface area contributed by atoms with E-state index in [1.165, 1.54) is 11.3 Å². The number of hydrogen-bond acceptors (Lipinski definition) is 3. The smallest absolute Gasteiger partial charge is 0.129 e. The molecule has 0 fully saturated rings. The molecule has 0 saturated heterocycles. The van der Waals surface area contributed by atoms with Gasteiger partial charge in [0.05, 0.1) is 0 Å². The fraction of sp³-hybridized carbons (Fsp3) is 0.360. The summed E-state index contributed by atoms with van der Waals surface area (Å²) in [6.45, 7) is 11.5. The summed E-state index contributed by atoms with van der Waals surface area (Å²) in [7, 11) is 0. The average molecular weight is 429 g/mol. The van der Waals surface area contributed by atoms with Gasteiger partial charge in [-0.15, -0.1) is 11.3 Å². The highest BCUT2D eigenvalue weighted by atomic mass is 32.1. The number of thiophene rings is 1. The highest BCUT2D eigenvalue weighted by molar-refractivity contribution is 7.10. The first-order valence-electron chi connectivity index (χ1n) is 10.7. The van der Waals surface area contributed by atoms with Gasteiger partial charge < -0.3 is 9.80 Å². The lowest BCUT2D eigenvalue weighted by atomic mass is 9.88. The molecule has 0 radical (unpaired) electrons. The Kier molecular flexibility index (Phi) is 7.48. The van der Waals surface area contributed by atoms with Gasteiger partial charge in [-0.05, 0) is 63.4 Å². The monoisotopic (exact) mass is 428 g/mol. The summed E-state index contributed by atoms with van der Waals surface area (Å²) >= 11 is 1.52. The van der Waals surface area contributed by atoms with Crippen molar-refractivity contribution in [2.24, 2.45) is 0 Å². The molecule has 0 saturated carbocycles. The lowest BCUT2D eigenvalue weighted by molar-refractivity contribution is 0.587. The number of halogens is 2. The maximum absolute atomic E-state index is 15.3. The molecule has 0 aliphatic heterocycles. The van der Waals surface area contributed by atoms with Crippen molar-refractivity contribution in [3.05, 3.63) is 81.5 Å². The molecule has 0 N–H and O–H groups in total. The Bertz CT molecular complexity index is 886. The van der Waals surface area contributed by atoms with Crippen molar-refractivity contribution in [1.29, 1.82) is 0 Å². The number of benzene rings is 2. The van der Waals surface area contributed by atoms with E-state index in [4.69, 9.17) is 0 Å². The fourth-order valence-electron chi connectivity index (χ4n) is 4.00. The van der Waals surface area contributed by atoms with E-state index in [-0.39, 0.29) is 11.6 Å². The van der Waals surface area contributed by atoms with Gasteiger partial charge in [0.2, 0.25) is 0 Å². The Hall–Kier alpha value is -2.40. The van der Waals surface area contributed by atoms with Crippen LogP contribution in [0.3, 0.4) is 0 Å². The average Bonchev–Trinajstić information content (AvgIpc) is 3.27. The van der Waals surface area contributed by atoms with Gasteiger partial charge in [0, 0.05) is 59.5 Å². The van der Waals surface area contributed by atoms with E-state index in [2.05, 4.69) is 37.5 Å². The van der Waals surface area contributed by atoms with Crippen LogP contribution >= 0.6 is 11.3 Å². The molecule has 2 nitrogen and oxygen atoms in total. The van der Waals surface area contributed by atoms with Crippen molar-refractivity contribution in [3.8, 4) is 0 Å². The van der Waals surface area contributed by atoms with E-state index < -0.39 is 5.92 Å². The molecule has 3 rings (SSSR count). The van der Waals surface area contributed by atoms with Crippen molar-refractivity contribution in [2.45, 2.75) is 33.6 Å². The van der Waals surface area contributed by atoms with E-state index in [0.717, 1.165) is 42.4 Å². The molecule has 0 atom stereocenters.